The molecule has 0 radical (unpaired) electrons. The minimum atomic E-state index is -0.121. The molecule has 0 unspecified atom stereocenters. The van der Waals surface area contributed by atoms with Gasteiger partial charge >= 0.3 is 0 Å². The largest absolute Gasteiger partial charge is 0.491 e. The highest BCUT2D eigenvalue weighted by molar-refractivity contribution is 7.98. The maximum absolute atomic E-state index is 12.9. The number of anilines is 1. The van der Waals surface area contributed by atoms with Crippen LogP contribution in [0.2, 0.25) is 0 Å². The maximum atomic E-state index is 12.9. The second kappa shape index (κ2) is 16.6. The molecule has 4 rings (SSSR count). The van der Waals surface area contributed by atoms with Crippen molar-refractivity contribution in [3.8, 4) is 16.9 Å². The summed E-state index contributed by atoms with van der Waals surface area (Å²) in [4.78, 5) is 18.3. The monoisotopic (exact) mass is 583 g/mol. The van der Waals surface area contributed by atoms with Crippen LogP contribution in [0.25, 0.3) is 17.2 Å². The topological polar surface area (TPSA) is 65.4 Å². The van der Waals surface area contributed by atoms with Crippen LogP contribution >= 0.6 is 11.8 Å². The molecule has 1 amide bonds. The van der Waals surface area contributed by atoms with E-state index in [1.165, 1.54) is 5.69 Å². The van der Waals surface area contributed by atoms with Gasteiger partial charge in [-0.3, -0.25) is 4.79 Å². The van der Waals surface area contributed by atoms with Crippen LogP contribution in [0.5, 0.6) is 5.75 Å². The van der Waals surface area contributed by atoms with Crippen molar-refractivity contribution in [2.75, 3.05) is 25.1 Å². The number of nitrogens with zero attached hydrogens (tertiary/aromatic N) is 2. The Hall–Kier alpha value is -3.81. The highest BCUT2D eigenvalue weighted by Crippen LogP contribution is 2.26. The molecule has 0 aliphatic heterocycles. The van der Waals surface area contributed by atoms with Gasteiger partial charge in [0.2, 0.25) is 0 Å². The number of carbonyl (C=O) groups is 1. The molecule has 0 atom stereocenters. The molecule has 1 heterocycles. The summed E-state index contributed by atoms with van der Waals surface area (Å²) in [6.45, 7) is 9.06. The first kappa shape index (κ1) is 31.1. The number of thioether (sulfide) groups is 1. The van der Waals surface area contributed by atoms with Gasteiger partial charge in [-0.2, -0.15) is 0 Å². The zero-order chi connectivity index (χ0) is 29.6. The van der Waals surface area contributed by atoms with Crippen molar-refractivity contribution in [2.24, 2.45) is 0 Å². The summed E-state index contributed by atoms with van der Waals surface area (Å²) in [6.07, 6.45) is 9.04. The third-order valence-corrected chi connectivity index (χ3v) is 7.76. The van der Waals surface area contributed by atoms with Gasteiger partial charge in [0.25, 0.3) is 5.91 Å². The van der Waals surface area contributed by atoms with Crippen LogP contribution in [-0.4, -0.2) is 35.3 Å². The molecular weight excluding hydrogens is 542 g/mol. The number of hydrogen-bond acceptors (Lipinski definition) is 5. The Kier molecular flexibility index (Phi) is 12.3. The predicted molar refractivity (Wildman–Crippen MR) is 174 cm³/mol. The van der Waals surface area contributed by atoms with E-state index in [0.29, 0.717) is 18.8 Å². The molecule has 3 aromatic carbocycles. The summed E-state index contributed by atoms with van der Waals surface area (Å²) in [5.74, 6) is 1.57. The Morgan fingerprint density at radius 3 is 2.52 bits per heavy atom. The van der Waals surface area contributed by atoms with Gasteiger partial charge in [-0.05, 0) is 85.0 Å². The lowest BCUT2D eigenvalue weighted by Crippen LogP contribution is -2.12. The average Bonchev–Trinajstić information content (AvgIpc) is 3.46. The molecule has 0 saturated heterocycles. The number of imidazole rings is 1. The molecule has 0 fully saturated rings. The second-order valence-electron chi connectivity index (χ2n) is 10.1. The van der Waals surface area contributed by atoms with Crippen molar-refractivity contribution >= 4 is 29.4 Å². The fraction of sp³-hybridized carbons (Fsp3) is 0.314. The third-order valence-electron chi connectivity index (χ3n) is 6.72. The number of aryl methyl sites for hydroxylation is 1. The van der Waals surface area contributed by atoms with Crippen LogP contribution in [0.1, 0.15) is 51.3 Å². The van der Waals surface area contributed by atoms with E-state index >= 15 is 0 Å². The van der Waals surface area contributed by atoms with Crippen LogP contribution in [0.4, 0.5) is 5.69 Å². The molecule has 4 aromatic rings. The number of amides is 1. The smallest absolute Gasteiger partial charge is 0.251 e. The standard InChI is InChI=1S/C35H41N3O3S/c1-4-6-19-40-20-21-41-33-14-10-29(11-15-33)30-9-7-8-28(23-30)22-27(3)35(39)37-31-12-16-34(17-13-31)42-25-32-24-36-26-38(32)18-5-2/h7-17,22-24,26H,4-6,18-21,25H2,1-3H3,(H,37,39)/b27-22+. The summed E-state index contributed by atoms with van der Waals surface area (Å²) in [6, 6.07) is 24.2. The van der Waals surface area contributed by atoms with Gasteiger partial charge in [0.15, 0.2) is 0 Å². The lowest BCUT2D eigenvalue weighted by atomic mass is 10.0. The van der Waals surface area contributed by atoms with E-state index in [1.54, 1.807) is 11.8 Å². The highest BCUT2D eigenvalue weighted by atomic mass is 32.2. The fourth-order valence-electron chi connectivity index (χ4n) is 4.37. The summed E-state index contributed by atoms with van der Waals surface area (Å²) in [7, 11) is 0. The molecule has 0 bridgehead atoms. The quantitative estimate of drug-likeness (QED) is 0.0814. The number of hydrogen-bond donors (Lipinski definition) is 1. The van der Waals surface area contributed by atoms with Crippen LogP contribution in [-0.2, 0) is 21.8 Å². The first-order valence-electron chi connectivity index (χ1n) is 14.7. The maximum Gasteiger partial charge on any atom is 0.251 e. The number of nitrogens with one attached hydrogen (secondary N) is 1. The molecule has 42 heavy (non-hydrogen) atoms. The van der Waals surface area contributed by atoms with Crippen molar-refractivity contribution in [3.63, 3.8) is 0 Å². The van der Waals surface area contributed by atoms with Crippen LogP contribution in [0.15, 0.2) is 95.8 Å². The van der Waals surface area contributed by atoms with Crippen molar-refractivity contribution in [1.29, 1.82) is 0 Å². The van der Waals surface area contributed by atoms with Gasteiger partial charge in [0.05, 0.1) is 12.9 Å². The van der Waals surface area contributed by atoms with E-state index in [-0.39, 0.29) is 5.91 Å². The van der Waals surface area contributed by atoms with E-state index in [1.807, 2.05) is 74.1 Å². The zero-order valence-corrected chi connectivity index (χ0v) is 25.7. The summed E-state index contributed by atoms with van der Waals surface area (Å²) < 4.78 is 13.5. The van der Waals surface area contributed by atoms with Crippen LogP contribution in [0.3, 0.4) is 0 Å². The number of rotatable bonds is 16. The molecule has 7 heteroatoms. The van der Waals surface area contributed by atoms with Gasteiger partial charge in [-0.15, -0.1) is 11.8 Å². The minimum Gasteiger partial charge on any atom is -0.491 e. The number of unbranched alkanes of at least 4 members (excludes halogenated alkanes) is 1. The number of carbonyl (C=O) groups excluding carboxylic acids is 1. The highest BCUT2D eigenvalue weighted by Gasteiger charge is 2.08. The zero-order valence-electron chi connectivity index (χ0n) is 24.8. The third kappa shape index (κ3) is 9.64. The van der Waals surface area contributed by atoms with Gasteiger partial charge in [-0.1, -0.05) is 50.6 Å². The molecule has 0 aliphatic rings. The van der Waals surface area contributed by atoms with E-state index in [9.17, 15) is 4.79 Å². The molecular formula is C35H41N3O3S. The number of aromatic nitrogens is 2. The van der Waals surface area contributed by atoms with E-state index in [2.05, 4.69) is 53.0 Å². The van der Waals surface area contributed by atoms with Crippen molar-refractivity contribution in [3.05, 3.63) is 102 Å². The van der Waals surface area contributed by atoms with Gasteiger partial charge < -0.3 is 19.4 Å². The van der Waals surface area contributed by atoms with Gasteiger partial charge in [0.1, 0.15) is 12.4 Å². The van der Waals surface area contributed by atoms with E-state index < -0.39 is 0 Å². The molecule has 220 valence electrons. The van der Waals surface area contributed by atoms with Crippen LogP contribution in [0, 0.1) is 0 Å². The Labute approximate surface area is 254 Å². The molecule has 1 aromatic heterocycles. The molecule has 1 N–H and O–H groups in total. The van der Waals surface area contributed by atoms with Gasteiger partial charge in [-0.25, -0.2) is 4.98 Å². The first-order valence-corrected chi connectivity index (χ1v) is 15.7. The predicted octanol–water partition coefficient (Wildman–Crippen LogP) is 8.49. The number of benzene rings is 3. The molecule has 0 saturated carbocycles. The average molecular weight is 584 g/mol. The fourth-order valence-corrected chi connectivity index (χ4v) is 5.25. The number of ether oxygens (including phenoxy) is 2. The minimum absolute atomic E-state index is 0.121. The normalized spacial score (nSPS) is 11.5. The lowest BCUT2D eigenvalue weighted by molar-refractivity contribution is -0.112. The summed E-state index contributed by atoms with van der Waals surface area (Å²) >= 11 is 1.76. The Morgan fingerprint density at radius 1 is 0.952 bits per heavy atom. The van der Waals surface area contributed by atoms with Crippen molar-refractivity contribution in [1.82, 2.24) is 9.55 Å². The molecule has 6 nitrogen and oxygen atoms in total. The SMILES string of the molecule is CCCCOCCOc1ccc(-c2cccc(/C=C(\C)C(=O)Nc3ccc(SCc4cncn4CCC)cc3)c2)cc1. The Morgan fingerprint density at radius 2 is 1.76 bits per heavy atom. The van der Waals surface area contributed by atoms with Crippen molar-refractivity contribution in [2.45, 2.75) is 57.2 Å². The molecule has 0 aliphatic carbocycles. The Bertz CT molecular complexity index is 1430. The van der Waals surface area contributed by atoms with Crippen LogP contribution < -0.4 is 10.1 Å². The first-order chi connectivity index (χ1) is 20.6. The molecule has 0 spiro atoms. The second-order valence-corrected chi connectivity index (χ2v) is 11.2. The van der Waals surface area contributed by atoms with E-state index in [4.69, 9.17) is 9.47 Å². The lowest BCUT2D eigenvalue weighted by Gasteiger charge is -2.09. The van der Waals surface area contributed by atoms with Gasteiger partial charge in [0, 0.05) is 47.0 Å². The Balaban J connectivity index is 1.29. The van der Waals surface area contributed by atoms with Crippen molar-refractivity contribution < 1.29 is 14.3 Å². The van der Waals surface area contributed by atoms with E-state index in [0.717, 1.165) is 71.2 Å². The summed E-state index contributed by atoms with van der Waals surface area (Å²) in [5, 5.41) is 3.01. The summed E-state index contributed by atoms with van der Waals surface area (Å²) in [5.41, 5.74) is 5.77.